The number of hydrogen-bond donors (Lipinski definition) is 2. The summed E-state index contributed by atoms with van der Waals surface area (Å²) in [5, 5.41) is 23.3. The number of esters is 3. The molecule has 0 bridgehead atoms. The van der Waals surface area contributed by atoms with Crippen molar-refractivity contribution >= 4 is 23.7 Å². The number of aliphatic hydroxyl groups excluding tert-OH is 1. The summed E-state index contributed by atoms with van der Waals surface area (Å²) in [5.74, 6) is -4.31. The minimum atomic E-state index is -1.92. The number of hydrogen-bond acceptors (Lipinski definition) is 10. The second-order valence-corrected chi connectivity index (χ2v) is 9.80. The monoisotopic (exact) mass is 478 g/mol. The van der Waals surface area contributed by atoms with Crippen LogP contribution in [0.4, 0.5) is 0 Å². The van der Waals surface area contributed by atoms with Crippen molar-refractivity contribution < 1.29 is 48.0 Å². The van der Waals surface area contributed by atoms with Crippen LogP contribution in [0, 0.1) is 22.7 Å². The van der Waals surface area contributed by atoms with Crippen LogP contribution < -0.4 is 0 Å². The van der Waals surface area contributed by atoms with E-state index in [0.717, 1.165) is 0 Å². The first-order valence-electron chi connectivity index (χ1n) is 11.4. The van der Waals surface area contributed by atoms with Crippen molar-refractivity contribution in [2.75, 3.05) is 13.2 Å². The van der Waals surface area contributed by atoms with Gasteiger partial charge in [-0.25, -0.2) is 0 Å². The molecule has 1 aliphatic heterocycles. The Morgan fingerprint density at radius 1 is 1.18 bits per heavy atom. The van der Waals surface area contributed by atoms with E-state index >= 15 is 0 Å². The lowest BCUT2D eigenvalue weighted by atomic mass is 9.41. The number of cyclic esters (lactones) is 1. The number of aliphatic hydroxyl groups is 2. The second kappa shape index (κ2) is 8.49. The molecule has 7 atom stereocenters. The van der Waals surface area contributed by atoms with Crippen LogP contribution in [0.5, 0.6) is 0 Å². The number of furan rings is 1. The van der Waals surface area contributed by atoms with Crippen molar-refractivity contribution in [2.45, 2.75) is 64.3 Å². The molecule has 0 unspecified atom stereocenters. The van der Waals surface area contributed by atoms with Gasteiger partial charge >= 0.3 is 17.9 Å². The van der Waals surface area contributed by atoms with Crippen molar-refractivity contribution in [1.29, 1.82) is 0 Å². The first kappa shape index (κ1) is 24.4. The van der Waals surface area contributed by atoms with Gasteiger partial charge in [0.15, 0.2) is 5.78 Å². The van der Waals surface area contributed by atoms with Crippen molar-refractivity contribution in [3.63, 3.8) is 0 Å². The Labute approximate surface area is 196 Å². The zero-order valence-electron chi connectivity index (χ0n) is 19.4. The van der Waals surface area contributed by atoms with Crippen molar-refractivity contribution in [1.82, 2.24) is 0 Å². The molecule has 1 spiro atoms. The largest absolute Gasteiger partial charge is 0.472 e. The maximum absolute atomic E-state index is 13.6. The van der Waals surface area contributed by atoms with Crippen molar-refractivity contribution in [3.05, 3.63) is 24.2 Å². The Hall–Kier alpha value is -2.72. The fourth-order valence-corrected chi connectivity index (χ4v) is 6.54. The van der Waals surface area contributed by atoms with Gasteiger partial charge in [0.1, 0.15) is 31.0 Å². The molecule has 2 saturated carbocycles. The number of fused-ring (bicyclic) bond motifs is 2. The van der Waals surface area contributed by atoms with Gasteiger partial charge in [-0.05, 0) is 24.8 Å². The summed E-state index contributed by atoms with van der Waals surface area (Å²) >= 11 is 0. The maximum Gasteiger partial charge on any atom is 0.313 e. The molecule has 1 aromatic heterocycles. The van der Waals surface area contributed by atoms with E-state index in [1.54, 1.807) is 13.0 Å². The van der Waals surface area contributed by atoms with Crippen LogP contribution in [0.1, 0.15) is 58.1 Å². The Morgan fingerprint density at radius 3 is 2.47 bits per heavy atom. The highest BCUT2D eigenvalue weighted by molar-refractivity contribution is 5.95. The molecule has 4 rings (SSSR count). The van der Waals surface area contributed by atoms with Crippen LogP contribution in [0.15, 0.2) is 23.0 Å². The third kappa shape index (κ3) is 3.38. The average molecular weight is 478 g/mol. The Balaban J connectivity index is 1.87. The van der Waals surface area contributed by atoms with E-state index in [2.05, 4.69) is 0 Å². The van der Waals surface area contributed by atoms with Crippen LogP contribution in [0.25, 0.3) is 0 Å². The molecule has 2 aliphatic carbocycles. The van der Waals surface area contributed by atoms with E-state index in [0.29, 0.717) is 18.4 Å². The number of carbonyl (C=O) groups excluding carboxylic acids is 4. The molecule has 1 aromatic rings. The fourth-order valence-electron chi connectivity index (χ4n) is 6.54. The molecular weight excluding hydrogens is 448 g/mol. The number of carbonyl (C=O) groups is 4. The molecule has 10 nitrogen and oxygen atoms in total. The van der Waals surface area contributed by atoms with Crippen LogP contribution >= 0.6 is 0 Å². The van der Waals surface area contributed by atoms with Crippen molar-refractivity contribution in [2.24, 2.45) is 22.7 Å². The summed E-state index contributed by atoms with van der Waals surface area (Å²) in [4.78, 5) is 50.5. The molecule has 10 heteroatoms. The topological polar surface area (TPSA) is 150 Å². The van der Waals surface area contributed by atoms with E-state index in [9.17, 15) is 29.4 Å². The fraction of sp³-hybridized carbons (Fsp3) is 0.667. The lowest BCUT2D eigenvalue weighted by Gasteiger charge is -2.63. The highest BCUT2D eigenvalue weighted by Crippen LogP contribution is 2.67. The minimum absolute atomic E-state index is 0.0764. The summed E-state index contributed by atoms with van der Waals surface area (Å²) in [7, 11) is 0. The predicted molar refractivity (Wildman–Crippen MR) is 113 cm³/mol. The van der Waals surface area contributed by atoms with Gasteiger partial charge in [-0.3, -0.25) is 19.2 Å². The molecule has 2 N–H and O–H groups in total. The zero-order valence-corrected chi connectivity index (χ0v) is 19.4. The van der Waals surface area contributed by atoms with Gasteiger partial charge in [0, 0.05) is 31.7 Å². The molecule has 0 aromatic carbocycles. The normalized spacial score (nSPS) is 39.4. The van der Waals surface area contributed by atoms with Gasteiger partial charge in [0.25, 0.3) is 0 Å². The first-order valence-corrected chi connectivity index (χ1v) is 11.4. The first-order chi connectivity index (χ1) is 16.0. The van der Waals surface area contributed by atoms with E-state index < -0.39 is 77.4 Å². The summed E-state index contributed by atoms with van der Waals surface area (Å²) in [6.07, 6.45) is 1.50. The highest BCUT2D eigenvalue weighted by Gasteiger charge is 2.76. The number of rotatable bonds is 5. The summed E-state index contributed by atoms with van der Waals surface area (Å²) in [6.45, 7) is 2.90. The molecule has 34 heavy (non-hydrogen) atoms. The Kier molecular flexibility index (Phi) is 6.10. The molecule has 186 valence electrons. The van der Waals surface area contributed by atoms with Crippen LogP contribution in [-0.2, 0) is 33.4 Å². The maximum atomic E-state index is 13.6. The smallest absolute Gasteiger partial charge is 0.313 e. The molecule has 2 heterocycles. The van der Waals surface area contributed by atoms with E-state index in [-0.39, 0.29) is 12.8 Å². The van der Waals surface area contributed by atoms with Crippen LogP contribution in [0.2, 0.25) is 0 Å². The van der Waals surface area contributed by atoms with E-state index in [4.69, 9.17) is 18.6 Å². The van der Waals surface area contributed by atoms with Gasteiger partial charge < -0.3 is 28.8 Å². The predicted octanol–water partition coefficient (Wildman–Crippen LogP) is 1.48. The Bertz CT molecular complexity index is 986. The third-order valence-corrected chi connectivity index (χ3v) is 8.25. The van der Waals surface area contributed by atoms with Gasteiger partial charge in [0.05, 0.1) is 23.4 Å². The van der Waals surface area contributed by atoms with Crippen molar-refractivity contribution in [3.8, 4) is 0 Å². The standard InChI is InChI=1S/C24H30O10/c1-13-19(27)20(28)24(12-33-15(3)26)18(5-4-7-22(24,30)11-32-14(2)25)23(13)9-17(34-21(23)29)16-6-8-31-10-16/h6,8,10,13,17-18,20,28,30H,4-5,7,9,11-12H2,1-3H3/t13-,17+,18-,20+,22+,23-,24+/m1/s1. The zero-order chi connectivity index (χ0) is 24.9. The SMILES string of the molecule is CC(=O)OC[C@@]1(O)CCC[C@@H]2[C@@]3(C[C@@H](c4ccoc4)OC3=O)[C@H](C)C(=O)[C@H](O)[C@]21COC(C)=O. The van der Waals surface area contributed by atoms with Gasteiger partial charge in [-0.15, -0.1) is 0 Å². The summed E-state index contributed by atoms with van der Waals surface area (Å²) in [5.41, 5.74) is -4.45. The summed E-state index contributed by atoms with van der Waals surface area (Å²) < 4.78 is 21.3. The average Bonchev–Trinajstić information content (AvgIpc) is 3.43. The van der Waals surface area contributed by atoms with Gasteiger partial charge in [-0.1, -0.05) is 13.3 Å². The number of Topliss-reactive ketones (excluding diaryl/α,β-unsaturated/α-hetero) is 1. The van der Waals surface area contributed by atoms with E-state index in [1.807, 2.05) is 0 Å². The molecule has 3 fully saturated rings. The second-order valence-electron chi connectivity index (χ2n) is 9.80. The molecule has 0 amide bonds. The van der Waals surface area contributed by atoms with E-state index in [1.165, 1.54) is 26.4 Å². The quantitative estimate of drug-likeness (QED) is 0.470. The van der Waals surface area contributed by atoms with Gasteiger partial charge in [-0.2, -0.15) is 0 Å². The summed E-state index contributed by atoms with van der Waals surface area (Å²) in [6, 6.07) is 1.67. The van der Waals surface area contributed by atoms with Crippen LogP contribution in [0.3, 0.4) is 0 Å². The lowest BCUT2D eigenvalue weighted by molar-refractivity contribution is -0.266. The lowest BCUT2D eigenvalue weighted by Crippen LogP contribution is -2.75. The Morgan fingerprint density at radius 2 is 1.85 bits per heavy atom. The third-order valence-electron chi connectivity index (χ3n) is 8.25. The molecule has 1 saturated heterocycles. The number of ether oxygens (including phenoxy) is 3. The minimum Gasteiger partial charge on any atom is -0.472 e. The van der Waals surface area contributed by atoms with Crippen LogP contribution in [-0.4, -0.2) is 58.8 Å². The molecule has 3 aliphatic rings. The highest BCUT2D eigenvalue weighted by atomic mass is 16.6. The molecule has 0 radical (unpaired) electrons. The van der Waals surface area contributed by atoms with Gasteiger partial charge in [0.2, 0.25) is 0 Å². The number of ketones is 1. The molecular formula is C24H30O10.